The number of oxazole rings is 1. The Bertz CT molecular complexity index is 716. The molecule has 0 atom stereocenters. The van der Waals surface area contributed by atoms with E-state index >= 15 is 0 Å². The van der Waals surface area contributed by atoms with Crippen LogP contribution in [0.25, 0.3) is 22.6 Å². The molecule has 0 spiro atoms. The van der Waals surface area contributed by atoms with Gasteiger partial charge in [-0.3, -0.25) is 0 Å². The number of pyridine rings is 1. The van der Waals surface area contributed by atoms with E-state index in [2.05, 4.69) is 41.9 Å². The molecule has 96 valence electrons. The summed E-state index contributed by atoms with van der Waals surface area (Å²) in [7, 11) is 0. The van der Waals surface area contributed by atoms with Crippen molar-refractivity contribution in [2.24, 2.45) is 0 Å². The summed E-state index contributed by atoms with van der Waals surface area (Å²) in [5.41, 5.74) is 3.96. The minimum atomic E-state index is 0.686. The summed E-state index contributed by atoms with van der Waals surface area (Å²) in [4.78, 5) is 4.55. The molecule has 3 heteroatoms. The second-order valence-corrected chi connectivity index (χ2v) is 4.82. The van der Waals surface area contributed by atoms with Crippen LogP contribution >= 0.6 is 0 Å². The molecule has 0 aliphatic rings. The van der Waals surface area contributed by atoms with Crippen LogP contribution in [-0.4, -0.2) is 4.98 Å². The maximum atomic E-state index is 5.84. The molecule has 0 aliphatic carbocycles. The Morgan fingerprint density at radius 2 is 2.16 bits per heavy atom. The van der Waals surface area contributed by atoms with Gasteiger partial charge < -0.3 is 4.42 Å². The van der Waals surface area contributed by atoms with Crippen molar-refractivity contribution in [3.05, 3.63) is 48.3 Å². The van der Waals surface area contributed by atoms with Crippen LogP contribution in [0.4, 0.5) is 0 Å². The maximum Gasteiger partial charge on any atom is 0.233 e. The smallest absolute Gasteiger partial charge is 0.233 e. The Labute approximate surface area is 112 Å². The van der Waals surface area contributed by atoms with Gasteiger partial charge in [0.25, 0.3) is 0 Å². The molecule has 0 fully saturated rings. The maximum absolute atomic E-state index is 5.84. The number of hydrogen-bond donors (Lipinski definition) is 0. The third-order valence-electron chi connectivity index (χ3n) is 3.13. The molecule has 2 heterocycles. The summed E-state index contributed by atoms with van der Waals surface area (Å²) in [5.74, 6) is 0.686. The fourth-order valence-electron chi connectivity index (χ4n) is 2.20. The van der Waals surface area contributed by atoms with E-state index in [0.717, 1.165) is 29.6 Å². The Kier molecular flexibility index (Phi) is 3.03. The molecule has 3 nitrogen and oxygen atoms in total. The van der Waals surface area contributed by atoms with Crippen molar-refractivity contribution in [2.75, 3.05) is 0 Å². The molecule has 3 aromatic rings. The molecular weight excluding hydrogens is 236 g/mol. The number of rotatable bonds is 3. The largest absolute Gasteiger partial charge is 0.436 e. The van der Waals surface area contributed by atoms with Gasteiger partial charge in [0, 0.05) is 12.5 Å². The van der Waals surface area contributed by atoms with Crippen molar-refractivity contribution >= 4 is 11.1 Å². The molecule has 3 rings (SSSR count). The second-order valence-electron chi connectivity index (χ2n) is 4.82. The zero-order valence-corrected chi connectivity index (χ0v) is 11.3. The lowest BCUT2D eigenvalue weighted by Crippen LogP contribution is -2.32. The van der Waals surface area contributed by atoms with E-state index in [9.17, 15) is 0 Å². The van der Waals surface area contributed by atoms with Crippen LogP contribution in [-0.2, 0) is 6.54 Å². The summed E-state index contributed by atoms with van der Waals surface area (Å²) in [5, 5.41) is 0. The summed E-state index contributed by atoms with van der Waals surface area (Å²) < 4.78 is 8.01. The van der Waals surface area contributed by atoms with E-state index in [-0.39, 0.29) is 0 Å². The van der Waals surface area contributed by atoms with E-state index in [0.29, 0.717) is 5.89 Å². The third kappa shape index (κ3) is 2.36. The highest BCUT2D eigenvalue weighted by molar-refractivity contribution is 5.76. The lowest BCUT2D eigenvalue weighted by atomic mass is 10.2. The molecule has 19 heavy (non-hydrogen) atoms. The Morgan fingerprint density at radius 3 is 3.00 bits per heavy atom. The minimum absolute atomic E-state index is 0.686. The molecule has 0 radical (unpaired) electrons. The summed E-state index contributed by atoms with van der Waals surface area (Å²) in [6.45, 7) is 5.23. The van der Waals surface area contributed by atoms with Gasteiger partial charge in [0.1, 0.15) is 17.6 Å². The quantitative estimate of drug-likeness (QED) is 0.669. The number of fused-ring (bicyclic) bond motifs is 1. The zero-order valence-electron chi connectivity index (χ0n) is 11.3. The van der Waals surface area contributed by atoms with Gasteiger partial charge in [-0.1, -0.05) is 13.0 Å². The highest BCUT2D eigenvalue weighted by Gasteiger charge is 2.11. The average Bonchev–Trinajstić information content (AvgIpc) is 2.82. The highest BCUT2D eigenvalue weighted by atomic mass is 16.3. The zero-order chi connectivity index (χ0) is 13.2. The van der Waals surface area contributed by atoms with E-state index in [1.54, 1.807) is 0 Å². The van der Waals surface area contributed by atoms with Crippen molar-refractivity contribution in [1.82, 2.24) is 4.98 Å². The molecule has 0 N–H and O–H groups in total. The van der Waals surface area contributed by atoms with Gasteiger partial charge in [-0.2, -0.15) is 0 Å². The van der Waals surface area contributed by atoms with Crippen LogP contribution in [0.2, 0.25) is 0 Å². The number of nitrogens with zero attached hydrogens (tertiary/aromatic N) is 2. The standard InChI is InChI=1S/C16H17N2O/c1-3-8-18-9-4-5-13(11-18)16-17-14-7-6-12(2)10-15(14)19-16/h4-7,9-11H,3,8H2,1-2H3/q+1. The lowest BCUT2D eigenvalue weighted by Gasteiger charge is -1.95. The Morgan fingerprint density at radius 1 is 1.26 bits per heavy atom. The second kappa shape index (κ2) is 4.84. The fraction of sp³-hybridized carbons (Fsp3) is 0.250. The molecule has 1 aromatic carbocycles. The van der Waals surface area contributed by atoms with Crippen LogP contribution in [0.5, 0.6) is 0 Å². The topological polar surface area (TPSA) is 29.9 Å². The number of aryl methyl sites for hydroxylation is 2. The van der Waals surface area contributed by atoms with Gasteiger partial charge in [0.05, 0.1) is 0 Å². The summed E-state index contributed by atoms with van der Waals surface area (Å²) in [6.07, 6.45) is 5.27. The fourth-order valence-corrected chi connectivity index (χ4v) is 2.20. The van der Waals surface area contributed by atoms with Crippen molar-refractivity contribution in [3.8, 4) is 11.5 Å². The molecule has 0 unspecified atom stereocenters. The SMILES string of the molecule is CCC[n+]1cccc(-c2nc3ccc(C)cc3o2)c1. The number of hydrogen-bond acceptors (Lipinski definition) is 2. The van der Waals surface area contributed by atoms with Crippen LogP contribution in [0.15, 0.2) is 47.1 Å². The normalized spacial score (nSPS) is 11.1. The molecule has 2 aromatic heterocycles. The van der Waals surface area contributed by atoms with Gasteiger partial charge in [0.15, 0.2) is 18.0 Å². The summed E-state index contributed by atoms with van der Waals surface area (Å²) in [6, 6.07) is 10.1. The van der Waals surface area contributed by atoms with Gasteiger partial charge in [-0.05, 0) is 30.7 Å². The minimum Gasteiger partial charge on any atom is -0.436 e. The highest BCUT2D eigenvalue weighted by Crippen LogP contribution is 2.23. The molecule has 0 saturated carbocycles. The first-order chi connectivity index (χ1) is 9.26. The van der Waals surface area contributed by atoms with Crippen molar-refractivity contribution in [2.45, 2.75) is 26.8 Å². The summed E-state index contributed by atoms with van der Waals surface area (Å²) >= 11 is 0. The van der Waals surface area contributed by atoms with E-state index in [1.807, 2.05) is 24.3 Å². The number of aromatic nitrogens is 2. The van der Waals surface area contributed by atoms with Crippen molar-refractivity contribution in [3.63, 3.8) is 0 Å². The molecule has 0 aliphatic heterocycles. The Balaban J connectivity index is 2.05. The van der Waals surface area contributed by atoms with E-state index < -0.39 is 0 Å². The predicted molar refractivity (Wildman–Crippen MR) is 74.7 cm³/mol. The molecule has 0 saturated heterocycles. The van der Waals surface area contributed by atoms with Crippen LogP contribution in [0, 0.1) is 6.92 Å². The predicted octanol–water partition coefficient (Wildman–Crippen LogP) is 3.50. The average molecular weight is 253 g/mol. The molecular formula is C16H17N2O+. The van der Waals surface area contributed by atoms with Gasteiger partial charge in [-0.15, -0.1) is 0 Å². The monoisotopic (exact) mass is 253 g/mol. The lowest BCUT2D eigenvalue weighted by molar-refractivity contribution is -0.696. The van der Waals surface area contributed by atoms with Crippen LogP contribution in [0.1, 0.15) is 18.9 Å². The molecule has 0 amide bonds. The van der Waals surface area contributed by atoms with Crippen LogP contribution < -0.4 is 4.57 Å². The first-order valence-corrected chi connectivity index (χ1v) is 6.63. The Hall–Kier alpha value is -2.16. The van der Waals surface area contributed by atoms with Gasteiger partial charge in [0.2, 0.25) is 5.89 Å². The first-order valence-electron chi connectivity index (χ1n) is 6.63. The first kappa shape index (κ1) is 11.9. The molecule has 0 bridgehead atoms. The van der Waals surface area contributed by atoms with Crippen molar-refractivity contribution in [1.29, 1.82) is 0 Å². The number of benzene rings is 1. The van der Waals surface area contributed by atoms with Gasteiger partial charge in [-0.25, -0.2) is 9.55 Å². The van der Waals surface area contributed by atoms with Crippen molar-refractivity contribution < 1.29 is 8.98 Å². The van der Waals surface area contributed by atoms with E-state index in [4.69, 9.17) is 4.42 Å². The van der Waals surface area contributed by atoms with E-state index in [1.165, 1.54) is 5.56 Å². The van der Waals surface area contributed by atoms with Crippen LogP contribution in [0.3, 0.4) is 0 Å². The van der Waals surface area contributed by atoms with Gasteiger partial charge >= 0.3 is 0 Å². The third-order valence-corrected chi connectivity index (χ3v) is 3.13.